The van der Waals surface area contributed by atoms with E-state index in [-0.39, 0.29) is 11.9 Å². The first-order valence-electron chi connectivity index (χ1n) is 8.00. The topological polar surface area (TPSA) is 76.7 Å². The Labute approximate surface area is 136 Å². The van der Waals surface area contributed by atoms with E-state index in [0.29, 0.717) is 37.7 Å². The molecular weight excluding hydrogens is 296 g/mol. The van der Waals surface area contributed by atoms with Crippen molar-refractivity contribution in [2.24, 2.45) is 0 Å². The monoisotopic (exact) mass is 320 g/mol. The van der Waals surface area contributed by atoms with Crippen LogP contribution in [0.2, 0.25) is 0 Å². The third-order valence-electron chi connectivity index (χ3n) is 3.75. The fraction of sp³-hybridized carbons (Fsp3) is 0.529. The maximum Gasteiger partial charge on any atom is 0.305 e. The highest BCUT2D eigenvalue weighted by Gasteiger charge is 2.17. The molecule has 1 amide bonds. The molecule has 0 saturated carbocycles. The Bertz CT molecular complexity index is 510. The zero-order valence-electron chi connectivity index (χ0n) is 13.5. The smallest absolute Gasteiger partial charge is 0.305 e. The van der Waals surface area contributed by atoms with E-state index in [4.69, 9.17) is 4.74 Å². The predicted molar refractivity (Wildman–Crippen MR) is 87.5 cm³/mol. The molecule has 1 aromatic rings. The highest BCUT2D eigenvalue weighted by molar-refractivity contribution is 5.91. The standard InChI is InChI=1S/C17H24N2O4/c1-22-17(21)5-3-11-23-15-8-6-13(7-9-15)19-16(20)12-14-4-2-10-18-14/h6-9,14,18H,2-5,10-12H2,1H3,(H,19,20). The molecule has 1 atom stereocenters. The summed E-state index contributed by atoms with van der Waals surface area (Å²) in [5.74, 6) is 0.505. The van der Waals surface area contributed by atoms with Crippen molar-refractivity contribution >= 4 is 17.6 Å². The summed E-state index contributed by atoms with van der Waals surface area (Å²) < 4.78 is 10.1. The first-order valence-corrected chi connectivity index (χ1v) is 8.00. The van der Waals surface area contributed by atoms with Crippen LogP contribution in [-0.4, -0.2) is 38.2 Å². The lowest BCUT2D eigenvalue weighted by molar-refractivity contribution is -0.140. The number of hydrogen-bond acceptors (Lipinski definition) is 5. The van der Waals surface area contributed by atoms with Crippen LogP contribution in [0, 0.1) is 0 Å². The van der Waals surface area contributed by atoms with Crippen LogP contribution < -0.4 is 15.4 Å². The number of amides is 1. The first kappa shape index (κ1) is 17.3. The van der Waals surface area contributed by atoms with E-state index in [1.54, 1.807) is 0 Å². The summed E-state index contributed by atoms with van der Waals surface area (Å²) >= 11 is 0. The molecule has 1 saturated heterocycles. The van der Waals surface area contributed by atoms with Crippen LogP contribution in [0.4, 0.5) is 5.69 Å². The Balaban J connectivity index is 1.69. The van der Waals surface area contributed by atoms with Crippen LogP contribution in [0.5, 0.6) is 5.75 Å². The average molecular weight is 320 g/mol. The zero-order valence-corrected chi connectivity index (χ0v) is 13.5. The zero-order chi connectivity index (χ0) is 16.5. The summed E-state index contributed by atoms with van der Waals surface area (Å²) in [6.07, 6.45) is 3.66. The maximum atomic E-state index is 11.9. The average Bonchev–Trinajstić information content (AvgIpc) is 3.05. The lowest BCUT2D eigenvalue weighted by Gasteiger charge is -2.11. The molecule has 1 aliphatic heterocycles. The minimum atomic E-state index is -0.233. The van der Waals surface area contributed by atoms with Gasteiger partial charge in [-0.15, -0.1) is 0 Å². The van der Waals surface area contributed by atoms with Crippen LogP contribution in [0.25, 0.3) is 0 Å². The number of hydrogen-bond donors (Lipinski definition) is 2. The number of ether oxygens (including phenoxy) is 2. The molecule has 6 heteroatoms. The molecule has 1 fully saturated rings. The Morgan fingerprint density at radius 3 is 2.74 bits per heavy atom. The molecule has 126 valence electrons. The lowest BCUT2D eigenvalue weighted by Crippen LogP contribution is -2.27. The van der Waals surface area contributed by atoms with Crippen molar-refractivity contribution in [2.45, 2.75) is 38.1 Å². The van der Waals surface area contributed by atoms with E-state index in [1.807, 2.05) is 24.3 Å². The van der Waals surface area contributed by atoms with E-state index in [9.17, 15) is 9.59 Å². The maximum absolute atomic E-state index is 11.9. The molecule has 0 bridgehead atoms. The molecule has 0 spiro atoms. The molecule has 2 N–H and O–H groups in total. The Morgan fingerprint density at radius 1 is 1.30 bits per heavy atom. The van der Waals surface area contributed by atoms with Crippen molar-refractivity contribution in [2.75, 3.05) is 25.6 Å². The molecular formula is C17H24N2O4. The minimum Gasteiger partial charge on any atom is -0.494 e. The minimum absolute atomic E-state index is 0.0242. The summed E-state index contributed by atoms with van der Waals surface area (Å²) in [6.45, 7) is 1.45. The first-order chi connectivity index (χ1) is 11.2. The van der Waals surface area contributed by atoms with Crippen LogP contribution in [0.1, 0.15) is 32.1 Å². The second-order valence-electron chi connectivity index (χ2n) is 5.60. The molecule has 1 unspecified atom stereocenters. The SMILES string of the molecule is COC(=O)CCCOc1ccc(NC(=O)CC2CCCN2)cc1. The fourth-order valence-electron chi connectivity index (χ4n) is 2.51. The predicted octanol–water partition coefficient (Wildman–Crippen LogP) is 2.10. The van der Waals surface area contributed by atoms with Crippen LogP contribution >= 0.6 is 0 Å². The molecule has 1 aliphatic rings. The third-order valence-corrected chi connectivity index (χ3v) is 3.75. The van der Waals surface area contributed by atoms with Gasteiger partial charge in [0.15, 0.2) is 0 Å². The Kier molecular flexibility index (Phi) is 6.87. The highest BCUT2D eigenvalue weighted by Crippen LogP contribution is 2.17. The number of rotatable bonds is 8. The molecule has 0 aliphatic carbocycles. The molecule has 0 aromatic heterocycles. The van der Waals surface area contributed by atoms with E-state index in [1.165, 1.54) is 7.11 Å². The third kappa shape index (κ3) is 6.28. The van der Waals surface area contributed by atoms with Crippen molar-refractivity contribution < 1.29 is 19.1 Å². The van der Waals surface area contributed by atoms with Gasteiger partial charge in [-0.2, -0.15) is 0 Å². The molecule has 23 heavy (non-hydrogen) atoms. The van der Waals surface area contributed by atoms with Gasteiger partial charge >= 0.3 is 5.97 Å². The van der Waals surface area contributed by atoms with Gasteiger partial charge in [0.1, 0.15) is 5.75 Å². The van der Waals surface area contributed by atoms with Gasteiger partial charge in [0.25, 0.3) is 0 Å². The van der Waals surface area contributed by atoms with E-state index in [2.05, 4.69) is 15.4 Å². The van der Waals surface area contributed by atoms with Crippen molar-refractivity contribution in [3.63, 3.8) is 0 Å². The number of anilines is 1. The van der Waals surface area contributed by atoms with E-state index < -0.39 is 0 Å². The summed E-state index contributed by atoms with van der Waals surface area (Å²) in [7, 11) is 1.37. The Hall–Kier alpha value is -2.08. The quantitative estimate of drug-likeness (QED) is 0.566. The van der Waals surface area contributed by atoms with Gasteiger partial charge in [0.05, 0.1) is 13.7 Å². The largest absolute Gasteiger partial charge is 0.494 e. The number of carbonyl (C=O) groups is 2. The van der Waals surface area contributed by atoms with Crippen LogP contribution in [0.15, 0.2) is 24.3 Å². The van der Waals surface area contributed by atoms with Gasteiger partial charge < -0.3 is 20.1 Å². The van der Waals surface area contributed by atoms with Gasteiger partial charge in [-0.1, -0.05) is 0 Å². The van der Waals surface area contributed by atoms with Crippen LogP contribution in [0.3, 0.4) is 0 Å². The van der Waals surface area contributed by atoms with Crippen molar-refractivity contribution in [3.05, 3.63) is 24.3 Å². The van der Waals surface area contributed by atoms with Crippen molar-refractivity contribution in [3.8, 4) is 5.75 Å². The Morgan fingerprint density at radius 2 is 2.09 bits per heavy atom. The van der Waals surface area contributed by atoms with Crippen LogP contribution in [-0.2, 0) is 14.3 Å². The number of methoxy groups -OCH3 is 1. The highest BCUT2D eigenvalue weighted by atomic mass is 16.5. The second-order valence-corrected chi connectivity index (χ2v) is 5.60. The van der Waals surface area contributed by atoms with E-state index in [0.717, 1.165) is 25.1 Å². The van der Waals surface area contributed by atoms with Gasteiger partial charge in [-0.05, 0) is 50.1 Å². The van der Waals surface area contributed by atoms with Gasteiger partial charge in [-0.25, -0.2) is 0 Å². The summed E-state index contributed by atoms with van der Waals surface area (Å²) in [4.78, 5) is 22.9. The van der Waals surface area contributed by atoms with Gasteiger partial charge in [-0.3, -0.25) is 9.59 Å². The summed E-state index contributed by atoms with van der Waals surface area (Å²) in [5.41, 5.74) is 0.759. The normalized spacial score (nSPS) is 16.8. The summed E-state index contributed by atoms with van der Waals surface area (Å²) in [6, 6.07) is 7.54. The number of benzene rings is 1. The number of nitrogens with one attached hydrogen (secondary N) is 2. The van der Waals surface area contributed by atoms with E-state index >= 15 is 0 Å². The molecule has 2 rings (SSSR count). The molecule has 1 aromatic carbocycles. The fourth-order valence-corrected chi connectivity index (χ4v) is 2.51. The second kappa shape index (κ2) is 9.15. The molecule has 0 radical (unpaired) electrons. The van der Waals surface area contributed by atoms with Gasteiger partial charge in [0, 0.05) is 24.6 Å². The van der Waals surface area contributed by atoms with Crippen molar-refractivity contribution in [1.29, 1.82) is 0 Å². The number of esters is 1. The molecule has 1 heterocycles. The molecule has 6 nitrogen and oxygen atoms in total. The van der Waals surface area contributed by atoms with Crippen molar-refractivity contribution in [1.82, 2.24) is 5.32 Å². The lowest BCUT2D eigenvalue weighted by atomic mass is 10.1. The summed E-state index contributed by atoms with van der Waals surface area (Å²) in [5, 5.41) is 6.20. The van der Waals surface area contributed by atoms with Gasteiger partial charge in [0.2, 0.25) is 5.91 Å². The number of carbonyl (C=O) groups excluding carboxylic acids is 2.